The minimum Gasteiger partial charge on any atom is -0.480 e. The summed E-state index contributed by atoms with van der Waals surface area (Å²) in [6.45, 7) is 4.18. The minimum absolute atomic E-state index is 0.377. The number of likely N-dealkylation sites (N-methyl/N-ethyl adjacent to an activating group) is 1. The second-order valence-electron chi connectivity index (χ2n) is 3.15. The summed E-state index contributed by atoms with van der Waals surface area (Å²) in [5, 5.41) is 11.4. The van der Waals surface area contributed by atoms with E-state index in [0.717, 1.165) is 6.42 Å². The first-order chi connectivity index (χ1) is 5.07. The predicted molar refractivity (Wildman–Crippen MR) is 44.6 cm³/mol. The maximum Gasteiger partial charge on any atom is 0.320 e. The molecule has 0 aromatic carbocycles. The van der Waals surface area contributed by atoms with Crippen molar-refractivity contribution < 1.29 is 9.90 Å². The smallest absolute Gasteiger partial charge is 0.320 e. The van der Waals surface area contributed by atoms with E-state index in [1.54, 1.807) is 7.05 Å². The highest BCUT2D eigenvalue weighted by Crippen LogP contribution is 2.06. The molecule has 0 aliphatic rings. The van der Waals surface area contributed by atoms with Crippen LogP contribution >= 0.6 is 0 Å². The molecule has 0 aromatic rings. The van der Waals surface area contributed by atoms with Crippen LogP contribution in [0.2, 0.25) is 0 Å². The summed E-state index contributed by atoms with van der Waals surface area (Å²) in [6, 6.07) is -0.377. The molecule has 0 amide bonds. The third-order valence-corrected chi connectivity index (χ3v) is 1.68. The molecule has 0 bridgehead atoms. The van der Waals surface area contributed by atoms with Crippen LogP contribution in [-0.4, -0.2) is 24.2 Å². The standard InChI is InChI=1S/C8H17NO2/c1-6(2)4-5-7(9-3)8(10)11/h6-7,9H,4-5H2,1-3H3,(H,10,11)/t7-/m0/s1. The van der Waals surface area contributed by atoms with Gasteiger partial charge in [0.2, 0.25) is 0 Å². The number of carboxylic acids is 1. The fraction of sp³-hybridized carbons (Fsp3) is 0.875. The van der Waals surface area contributed by atoms with Crippen LogP contribution in [0, 0.1) is 5.92 Å². The molecule has 1 atom stereocenters. The largest absolute Gasteiger partial charge is 0.480 e. The second-order valence-corrected chi connectivity index (χ2v) is 3.15. The van der Waals surface area contributed by atoms with E-state index >= 15 is 0 Å². The summed E-state index contributed by atoms with van der Waals surface area (Å²) < 4.78 is 0. The Balaban J connectivity index is 3.61. The van der Waals surface area contributed by atoms with Crippen LogP contribution < -0.4 is 5.32 Å². The summed E-state index contributed by atoms with van der Waals surface area (Å²) in [4.78, 5) is 10.5. The van der Waals surface area contributed by atoms with Crippen LogP contribution in [0.4, 0.5) is 0 Å². The van der Waals surface area contributed by atoms with E-state index in [0.29, 0.717) is 12.3 Å². The fourth-order valence-corrected chi connectivity index (χ4v) is 0.891. The van der Waals surface area contributed by atoms with Crippen LogP contribution in [-0.2, 0) is 4.79 Å². The van der Waals surface area contributed by atoms with Crippen molar-refractivity contribution in [3.8, 4) is 0 Å². The van der Waals surface area contributed by atoms with Gasteiger partial charge in [-0.2, -0.15) is 0 Å². The van der Waals surface area contributed by atoms with Crippen molar-refractivity contribution in [1.82, 2.24) is 5.32 Å². The molecule has 0 unspecified atom stereocenters. The van der Waals surface area contributed by atoms with Crippen molar-refractivity contribution in [2.24, 2.45) is 5.92 Å². The lowest BCUT2D eigenvalue weighted by molar-refractivity contribution is -0.139. The van der Waals surface area contributed by atoms with Crippen molar-refractivity contribution in [3.05, 3.63) is 0 Å². The Morgan fingerprint density at radius 2 is 2.00 bits per heavy atom. The molecular weight excluding hydrogens is 142 g/mol. The predicted octanol–water partition coefficient (Wildman–Crippen LogP) is 1.10. The van der Waals surface area contributed by atoms with E-state index in [-0.39, 0.29) is 6.04 Å². The van der Waals surface area contributed by atoms with Crippen molar-refractivity contribution in [2.45, 2.75) is 32.7 Å². The maximum atomic E-state index is 10.5. The Bertz CT molecular complexity index is 123. The average molecular weight is 159 g/mol. The lowest BCUT2D eigenvalue weighted by Crippen LogP contribution is -2.33. The van der Waals surface area contributed by atoms with Crippen LogP contribution in [0.3, 0.4) is 0 Å². The first kappa shape index (κ1) is 10.4. The fourth-order valence-electron chi connectivity index (χ4n) is 0.891. The number of carbonyl (C=O) groups is 1. The molecule has 0 aliphatic carbocycles. The van der Waals surface area contributed by atoms with Gasteiger partial charge in [-0.3, -0.25) is 4.79 Å². The molecule has 0 saturated heterocycles. The lowest BCUT2D eigenvalue weighted by Gasteiger charge is -2.11. The Morgan fingerprint density at radius 1 is 1.45 bits per heavy atom. The van der Waals surface area contributed by atoms with Crippen LogP contribution in [0.15, 0.2) is 0 Å². The first-order valence-electron chi connectivity index (χ1n) is 3.98. The Hall–Kier alpha value is -0.570. The van der Waals surface area contributed by atoms with Crippen molar-refractivity contribution in [1.29, 1.82) is 0 Å². The monoisotopic (exact) mass is 159 g/mol. The minimum atomic E-state index is -0.756. The van der Waals surface area contributed by atoms with E-state index in [4.69, 9.17) is 5.11 Å². The summed E-state index contributed by atoms with van der Waals surface area (Å²) in [5.74, 6) is -0.182. The summed E-state index contributed by atoms with van der Waals surface area (Å²) in [7, 11) is 1.68. The number of nitrogens with one attached hydrogen (secondary N) is 1. The highest BCUT2D eigenvalue weighted by atomic mass is 16.4. The third-order valence-electron chi connectivity index (χ3n) is 1.68. The molecule has 11 heavy (non-hydrogen) atoms. The number of carboxylic acid groups (broad SMARTS) is 1. The first-order valence-corrected chi connectivity index (χ1v) is 3.98. The highest BCUT2D eigenvalue weighted by Gasteiger charge is 2.14. The summed E-state index contributed by atoms with van der Waals surface area (Å²) in [5.41, 5.74) is 0. The van der Waals surface area contributed by atoms with Crippen molar-refractivity contribution in [2.75, 3.05) is 7.05 Å². The van der Waals surface area contributed by atoms with Gasteiger partial charge < -0.3 is 10.4 Å². The molecule has 0 heterocycles. The van der Waals surface area contributed by atoms with Crippen molar-refractivity contribution in [3.63, 3.8) is 0 Å². The van der Waals surface area contributed by atoms with E-state index in [1.165, 1.54) is 0 Å². The number of rotatable bonds is 5. The molecule has 0 aliphatic heterocycles. The topological polar surface area (TPSA) is 49.3 Å². The second kappa shape index (κ2) is 5.13. The van der Waals surface area contributed by atoms with Crippen LogP contribution in [0.5, 0.6) is 0 Å². The van der Waals surface area contributed by atoms with Gasteiger partial charge in [0.25, 0.3) is 0 Å². The molecule has 3 nitrogen and oxygen atoms in total. The van der Waals surface area contributed by atoms with Crippen molar-refractivity contribution >= 4 is 5.97 Å². The van der Waals surface area contributed by atoms with Gasteiger partial charge in [-0.1, -0.05) is 13.8 Å². The van der Waals surface area contributed by atoms with Gasteiger partial charge in [0.1, 0.15) is 6.04 Å². The molecule has 0 rings (SSSR count). The van der Waals surface area contributed by atoms with E-state index < -0.39 is 5.97 Å². The number of hydrogen-bond donors (Lipinski definition) is 2. The zero-order chi connectivity index (χ0) is 8.85. The Labute approximate surface area is 67.8 Å². The van der Waals surface area contributed by atoms with Gasteiger partial charge in [-0.25, -0.2) is 0 Å². The van der Waals surface area contributed by atoms with Gasteiger partial charge in [-0.05, 0) is 25.8 Å². The molecule has 3 heteroatoms. The van der Waals surface area contributed by atoms with E-state index in [2.05, 4.69) is 19.2 Å². The summed E-state index contributed by atoms with van der Waals surface area (Å²) >= 11 is 0. The molecule has 0 spiro atoms. The van der Waals surface area contributed by atoms with Gasteiger partial charge in [0, 0.05) is 0 Å². The molecule has 0 fully saturated rings. The van der Waals surface area contributed by atoms with E-state index in [9.17, 15) is 4.79 Å². The van der Waals surface area contributed by atoms with Crippen LogP contribution in [0.25, 0.3) is 0 Å². The van der Waals surface area contributed by atoms with E-state index in [1.807, 2.05) is 0 Å². The van der Waals surface area contributed by atoms with Gasteiger partial charge in [-0.15, -0.1) is 0 Å². The van der Waals surface area contributed by atoms with Gasteiger partial charge in [0.05, 0.1) is 0 Å². The quantitative estimate of drug-likeness (QED) is 0.631. The zero-order valence-electron chi connectivity index (χ0n) is 7.42. The Kier molecular flexibility index (Phi) is 4.86. The molecule has 0 saturated carbocycles. The van der Waals surface area contributed by atoms with Crippen LogP contribution in [0.1, 0.15) is 26.7 Å². The normalized spacial score (nSPS) is 13.5. The number of hydrogen-bond acceptors (Lipinski definition) is 2. The van der Waals surface area contributed by atoms with Gasteiger partial charge >= 0.3 is 5.97 Å². The molecule has 66 valence electrons. The Morgan fingerprint density at radius 3 is 2.27 bits per heavy atom. The maximum absolute atomic E-state index is 10.5. The highest BCUT2D eigenvalue weighted by molar-refractivity contribution is 5.73. The zero-order valence-corrected chi connectivity index (χ0v) is 7.42. The molecule has 0 aromatic heterocycles. The molecular formula is C8H17NO2. The summed E-state index contributed by atoms with van der Waals surface area (Å²) in [6.07, 6.45) is 1.67. The third kappa shape index (κ3) is 4.79. The van der Waals surface area contributed by atoms with Gasteiger partial charge in [0.15, 0.2) is 0 Å². The lowest BCUT2D eigenvalue weighted by atomic mass is 10.0. The molecule has 0 radical (unpaired) electrons. The average Bonchev–Trinajstić information content (AvgIpc) is 1.87. The number of aliphatic carboxylic acids is 1. The SMILES string of the molecule is CN[C@@H](CCC(C)C)C(=O)O. The molecule has 2 N–H and O–H groups in total.